The first kappa shape index (κ1) is 14.6. The Labute approximate surface area is 137 Å². The van der Waals surface area contributed by atoms with E-state index in [-0.39, 0.29) is 0 Å². The normalized spacial score (nSPS) is 16.7. The predicted molar refractivity (Wildman–Crippen MR) is 94.4 cm³/mol. The number of nitrogens with one attached hydrogen (secondary N) is 1. The molecule has 0 bridgehead atoms. The van der Waals surface area contributed by atoms with E-state index in [4.69, 9.17) is 11.6 Å². The molecule has 108 valence electrons. The van der Waals surface area contributed by atoms with Gasteiger partial charge in [0.2, 0.25) is 0 Å². The zero-order chi connectivity index (χ0) is 14.7. The molecule has 0 unspecified atom stereocenters. The minimum Gasteiger partial charge on any atom is -0.255 e. The summed E-state index contributed by atoms with van der Waals surface area (Å²) in [4.78, 5) is 7.11. The maximum absolute atomic E-state index is 6.11. The molecule has 21 heavy (non-hydrogen) atoms. The van der Waals surface area contributed by atoms with E-state index in [1.54, 1.807) is 23.1 Å². The van der Waals surface area contributed by atoms with Gasteiger partial charge < -0.3 is 0 Å². The van der Waals surface area contributed by atoms with Gasteiger partial charge in [0.25, 0.3) is 0 Å². The number of aryl methyl sites for hydroxylation is 1. The van der Waals surface area contributed by atoms with Crippen molar-refractivity contribution in [3.63, 3.8) is 0 Å². The number of hydrazone groups is 1. The molecule has 2 aromatic rings. The molecule has 3 rings (SSSR count). The minimum absolute atomic E-state index is 0.646. The lowest BCUT2D eigenvalue weighted by atomic mass is 10.3. The van der Waals surface area contributed by atoms with Crippen molar-refractivity contribution in [3.05, 3.63) is 51.2 Å². The summed E-state index contributed by atoms with van der Waals surface area (Å²) in [5.74, 6) is 0.819. The second kappa shape index (κ2) is 6.64. The van der Waals surface area contributed by atoms with E-state index in [0.717, 1.165) is 28.7 Å². The lowest BCUT2D eigenvalue weighted by Crippen LogP contribution is -2.24. The van der Waals surface area contributed by atoms with Gasteiger partial charge in [0.1, 0.15) is 0 Å². The molecule has 1 aliphatic heterocycles. The van der Waals surface area contributed by atoms with Gasteiger partial charge in [-0.05, 0) is 30.7 Å². The lowest BCUT2D eigenvalue weighted by Gasteiger charge is -2.13. The Morgan fingerprint density at radius 1 is 1.29 bits per heavy atom. The smallest absolute Gasteiger partial charge is 0.182 e. The summed E-state index contributed by atoms with van der Waals surface area (Å²) in [5.41, 5.74) is 4.85. The van der Waals surface area contributed by atoms with Crippen LogP contribution < -0.4 is 5.43 Å². The van der Waals surface area contributed by atoms with Crippen LogP contribution in [0.4, 0.5) is 5.69 Å². The van der Waals surface area contributed by atoms with Crippen molar-refractivity contribution in [1.29, 1.82) is 0 Å². The van der Waals surface area contributed by atoms with E-state index in [2.05, 4.69) is 34.6 Å². The third kappa shape index (κ3) is 3.48. The van der Waals surface area contributed by atoms with Crippen molar-refractivity contribution >= 4 is 51.3 Å². The van der Waals surface area contributed by atoms with Crippen LogP contribution in [0.1, 0.15) is 16.7 Å². The number of rotatable bonds is 3. The minimum atomic E-state index is 0.646. The molecule has 0 saturated carbocycles. The van der Waals surface area contributed by atoms with Crippen LogP contribution in [0.25, 0.3) is 0 Å². The Balaban J connectivity index is 1.76. The first-order chi connectivity index (χ1) is 10.3. The standard InChI is InChI=1S/C15H14ClN3S2/c1-2-10-7-8-14(21-10)13-9-20-15(19-18-13)17-12-6-4-3-5-11(12)16/h3-8H,2,9H2,1H3,(H,17,19). The van der Waals surface area contributed by atoms with Crippen LogP contribution in [-0.4, -0.2) is 16.6 Å². The van der Waals surface area contributed by atoms with Gasteiger partial charge in [0, 0.05) is 10.6 Å². The maximum Gasteiger partial charge on any atom is 0.182 e. The SMILES string of the molecule is CCc1ccc(C2=NNC(=Nc3ccccc3Cl)SC2)s1. The summed E-state index contributed by atoms with van der Waals surface area (Å²) in [6.07, 6.45) is 1.07. The topological polar surface area (TPSA) is 36.8 Å². The van der Waals surface area contributed by atoms with E-state index >= 15 is 0 Å². The van der Waals surface area contributed by atoms with Gasteiger partial charge in [0.15, 0.2) is 5.17 Å². The summed E-state index contributed by atoms with van der Waals surface area (Å²) in [6, 6.07) is 11.9. The van der Waals surface area contributed by atoms with Gasteiger partial charge in [0.05, 0.1) is 21.3 Å². The fraction of sp³-hybridized carbons (Fsp3) is 0.200. The van der Waals surface area contributed by atoms with Crippen molar-refractivity contribution in [2.45, 2.75) is 13.3 Å². The average Bonchev–Trinajstić information content (AvgIpc) is 2.99. The van der Waals surface area contributed by atoms with Crippen LogP contribution in [-0.2, 0) is 6.42 Å². The molecular formula is C15H14ClN3S2. The van der Waals surface area contributed by atoms with Gasteiger partial charge in [-0.15, -0.1) is 11.3 Å². The molecular weight excluding hydrogens is 322 g/mol. The molecule has 3 nitrogen and oxygen atoms in total. The number of hydrogen-bond acceptors (Lipinski definition) is 4. The number of para-hydroxylation sites is 1. The summed E-state index contributed by atoms with van der Waals surface area (Å²) < 4.78 is 0. The van der Waals surface area contributed by atoms with Crippen LogP contribution in [0, 0.1) is 0 Å². The Kier molecular flexibility index (Phi) is 4.63. The molecule has 0 aliphatic carbocycles. The monoisotopic (exact) mass is 335 g/mol. The molecule has 0 fully saturated rings. The highest BCUT2D eigenvalue weighted by Crippen LogP contribution is 2.26. The van der Waals surface area contributed by atoms with E-state index in [9.17, 15) is 0 Å². The molecule has 1 N–H and O–H groups in total. The largest absolute Gasteiger partial charge is 0.255 e. The summed E-state index contributed by atoms with van der Waals surface area (Å²) >= 11 is 9.55. The highest BCUT2D eigenvalue weighted by atomic mass is 35.5. The second-order valence-electron chi connectivity index (χ2n) is 4.45. The number of halogens is 1. The van der Waals surface area contributed by atoms with Crippen molar-refractivity contribution in [3.8, 4) is 0 Å². The fourth-order valence-corrected chi connectivity index (χ4v) is 3.85. The third-order valence-corrected chi connectivity index (χ3v) is 5.47. The zero-order valence-electron chi connectivity index (χ0n) is 11.5. The number of hydrogen-bond donors (Lipinski definition) is 1. The molecule has 1 aliphatic rings. The molecule has 1 aromatic carbocycles. The Hall–Kier alpha value is -1.30. The van der Waals surface area contributed by atoms with Crippen LogP contribution in [0.5, 0.6) is 0 Å². The van der Waals surface area contributed by atoms with Gasteiger partial charge >= 0.3 is 0 Å². The second-order valence-corrected chi connectivity index (χ2v) is 6.99. The Morgan fingerprint density at radius 3 is 2.81 bits per heavy atom. The van der Waals surface area contributed by atoms with Gasteiger partial charge in [-0.1, -0.05) is 42.4 Å². The molecule has 6 heteroatoms. The highest BCUT2D eigenvalue weighted by molar-refractivity contribution is 8.14. The van der Waals surface area contributed by atoms with Crippen LogP contribution in [0.2, 0.25) is 5.02 Å². The number of aliphatic imine (C=N–C) groups is 1. The van der Waals surface area contributed by atoms with Crippen LogP contribution in [0.15, 0.2) is 46.5 Å². The number of nitrogens with zero attached hydrogens (tertiary/aromatic N) is 2. The third-order valence-electron chi connectivity index (χ3n) is 3.00. The van der Waals surface area contributed by atoms with E-state index < -0.39 is 0 Å². The number of thiophene rings is 1. The molecule has 0 saturated heterocycles. The van der Waals surface area contributed by atoms with E-state index in [0.29, 0.717) is 5.02 Å². The predicted octanol–water partition coefficient (Wildman–Crippen LogP) is 4.69. The van der Waals surface area contributed by atoms with Gasteiger partial charge in [-0.25, -0.2) is 4.99 Å². The lowest BCUT2D eigenvalue weighted by molar-refractivity contribution is 1.04. The molecule has 0 atom stereocenters. The van der Waals surface area contributed by atoms with Crippen molar-refractivity contribution < 1.29 is 0 Å². The molecule has 0 amide bonds. The van der Waals surface area contributed by atoms with E-state index in [1.807, 2.05) is 24.3 Å². The molecule has 2 heterocycles. The molecule has 0 spiro atoms. The molecule has 0 radical (unpaired) electrons. The van der Waals surface area contributed by atoms with Gasteiger partial charge in [-0.3, -0.25) is 5.43 Å². The van der Waals surface area contributed by atoms with Crippen LogP contribution in [0.3, 0.4) is 0 Å². The first-order valence-electron chi connectivity index (χ1n) is 6.64. The van der Waals surface area contributed by atoms with Crippen LogP contribution >= 0.6 is 34.7 Å². The Bertz CT molecular complexity index is 706. The van der Waals surface area contributed by atoms with Crippen molar-refractivity contribution in [2.75, 3.05) is 5.75 Å². The summed E-state index contributed by atoms with van der Waals surface area (Å²) in [5, 5.41) is 5.86. The number of thioether (sulfide) groups is 1. The average molecular weight is 336 g/mol. The van der Waals surface area contributed by atoms with E-state index in [1.165, 1.54) is 9.75 Å². The highest BCUT2D eigenvalue weighted by Gasteiger charge is 2.15. The van der Waals surface area contributed by atoms with Crippen molar-refractivity contribution in [2.24, 2.45) is 10.1 Å². The first-order valence-corrected chi connectivity index (χ1v) is 8.82. The van der Waals surface area contributed by atoms with Crippen molar-refractivity contribution in [1.82, 2.24) is 5.43 Å². The zero-order valence-corrected chi connectivity index (χ0v) is 13.9. The summed E-state index contributed by atoms with van der Waals surface area (Å²) in [6.45, 7) is 2.17. The Morgan fingerprint density at radius 2 is 2.14 bits per heavy atom. The fourth-order valence-electron chi connectivity index (χ4n) is 1.87. The van der Waals surface area contributed by atoms with Gasteiger partial charge in [-0.2, -0.15) is 5.10 Å². The quantitative estimate of drug-likeness (QED) is 0.883. The number of amidine groups is 1. The molecule has 1 aromatic heterocycles. The number of benzene rings is 1. The maximum atomic E-state index is 6.11. The summed E-state index contributed by atoms with van der Waals surface area (Å²) in [7, 11) is 0.